The zero-order valence-electron chi connectivity index (χ0n) is 11.6. The molecular formula is C18H12N2O2. The molecule has 0 saturated carbocycles. The lowest BCUT2D eigenvalue weighted by Gasteiger charge is -2.04. The van der Waals surface area contributed by atoms with Gasteiger partial charge in [0, 0.05) is 17.1 Å². The largest absolute Gasteiger partial charge is 0.422 e. The summed E-state index contributed by atoms with van der Waals surface area (Å²) in [5.41, 5.74) is 3.37. The Hall–Kier alpha value is -3.14. The van der Waals surface area contributed by atoms with Crippen molar-refractivity contribution >= 4 is 11.0 Å². The molecule has 2 heterocycles. The maximum atomic E-state index is 12.2. The number of aromatic amines is 1. The first-order valence-corrected chi connectivity index (χ1v) is 6.95. The minimum atomic E-state index is -0.335. The first-order valence-electron chi connectivity index (χ1n) is 6.95. The summed E-state index contributed by atoms with van der Waals surface area (Å²) in [5, 5.41) is 7.80. The number of nitrogens with zero attached hydrogens (tertiary/aromatic N) is 1. The van der Waals surface area contributed by atoms with Crippen LogP contribution >= 0.6 is 0 Å². The normalized spacial score (nSPS) is 10.9. The fourth-order valence-corrected chi connectivity index (χ4v) is 2.51. The molecular weight excluding hydrogens is 276 g/mol. The highest BCUT2D eigenvalue weighted by Crippen LogP contribution is 2.25. The summed E-state index contributed by atoms with van der Waals surface area (Å²) in [7, 11) is 0. The molecule has 0 aliphatic rings. The van der Waals surface area contributed by atoms with E-state index in [9.17, 15) is 4.79 Å². The lowest BCUT2D eigenvalue weighted by Crippen LogP contribution is -2.02. The van der Waals surface area contributed by atoms with Gasteiger partial charge in [-0.2, -0.15) is 5.10 Å². The van der Waals surface area contributed by atoms with Gasteiger partial charge in [0.05, 0.1) is 11.3 Å². The Bertz CT molecular complexity index is 987. The Morgan fingerprint density at radius 1 is 0.909 bits per heavy atom. The first-order chi connectivity index (χ1) is 10.8. The molecule has 0 radical (unpaired) electrons. The second kappa shape index (κ2) is 5.00. The maximum Gasteiger partial charge on any atom is 0.344 e. The molecule has 0 atom stereocenters. The van der Waals surface area contributed by atoms with E-state index in [1.165, 1.54) is 0 Å². The number of hydrogen-bond donors (Lipinski definition) is 1. The van der Waals surface area contributed by atoms with Crippen LogP contribution in [0.1, 0.15) is 0 Å². The fraction of sp³-hybridized carbons (Fsp3) is 0. The number of nitrogens with one attached hydrogen (secondary N) is 1. The van der Waals surface area contributed by atoms with Gasteiger partial charge >= 0.3 is 5.63 Å². The molecule has 0 aliphatic carbocycles. The number of aromatic nitrogens is 2. The van der Waals surface area contributed by atoms with Gasteiger partial charge in [0.2, 0.25) is 0 Å². The molecule has 4 nitrogen and oxygen atoms in total. The molecule has 4 rings (SSSR count). The average Bonchev–Trinajstić information content (AvgIpc) is 3.09. The number of benzene rings is 2. The molecule has 0 aliphatic heterocycles. The predicted molar refractivity (Wildman–Crippen MR) is 85.5 cm³/mol. The van der Waals surface area contributed by atoms with Crippen LogP contribution in [-0.4, -0.2) is 10.2 Å². The molecule has 106 valence electrons. The van der Waals surface area contributed by atoms with Gasteiger partial charge in [0.25, 0.3) is 0 Å². The Morgan fingerprint density at radius 2 is 1.77 bits per heavy atom. The number of fused-ring (bicyclic) bond motifs is 1. The summed E-state index contributed by atoms with van der Waals surface area (Å²) in [6, 6.07) is 19.0. The third-order valence-electron chi connectivity index (χ3n) is 3.62. The van der Waals surface area contributed by atoms with E-state index in [0.717, 1.165) is 22.2 Å². The molecule has 0 bridgehead atoms. The van der Waals surface area contributed by atoms with Crippen LogP contribution in [0.25, 0.3) is 33.4 Å². The van der Waals surface area contributed by atoms with Crippen LogP contribution in [0.5, 0.6) is 0 Å². The third-order valence-corrected chi connectivity index (χ3v) is 3.62. The van der Waals surface area contributed by atoms with Gasteiger partial charge in [-0.1, -0.05) is 42.5 Å². The second-order valence-corrected chi connectivity index (χ2v) is 5.03. The molecule has 4 heteroatoms. The van der Waals surface area contributed by atoms with Crippen LogP contribution in [-0.2, 0) is 0 Å². The fourth-order valence-electron chi connectivity index (χ4n) is 2.51. The van der Waals surface area contributed by atoms with Crippen LogP contribution in [0, 0.1) is 0 Å². The van der Waals surface area contributed by atoms with Gasteiger partial charge in [-0.15, -0.1) is 0 Å². The van der Waals surface area contributed by atoms with Gasteiger partial charge in [0.1, 0.15) is 5.58 Å². The van der Waals surface area contributed by atoms with E-state index in [4.69, 9.17) is 4.42 Å². The topological polar surface area (TPSA) is 58.9 Å². The third kappa shape index (κ3) is 2.11. The molecule has 0 fully saturated rings. The highest BCUT2D eigenvalue weighted by molar-refractivity contribution is 5.85. The van der Waals surface area contributed by atoms with E-state index < -0.39 is 0 Å². The van der Waals surface area contributed by atoms with Gasteiger partial charge in [-0.25, -0.2) is 4.79 Å². The molecule has 4 aromatic rings. The predicted octanol–water partition coefficient (Wildman–Crippen LogP) is 3.85. The van der Waals surface area contributed by atoms with Crippen LogP contribution in [0.15, 0.2) is 76.1 Å². The van der Waals surface area contributed by atoms with Crippen molar-refractivity contribution in [2.75, 3.05) is 0 Å². The van der Waals surface area contributed by atoms with Crippen LogP contribution < -0.4 is 5.63 Å². The van der Waals surface area contributed by atoms with Gasteiger partial charge < -0.3 is 4.42 Å². The number of hydrogen-bond acceptors (Lipinski definition) is 3. The van der Waals surface area contributed by atoms with Gasteiger partial charge in [0.15, 0.2) is 0 Å². The molecule has 2 aromatic carbocycles. The van der Waals surface area contributed by atoms with Crippen molar-refractivity contribution < 1.29 is 4.42 Å². The molecule has 0 spiro atoms. The van der Waals surface area contributed by atoms with Gasteiger partial charge in [-0.3, -0.25) is 5.10 Å². The molecule has 1 N–H and O–H groups in total. The Labute approximate surface area is 126 Å². The lowest BCUT2D eigenvalue weighted by atomic mass is 10.0. The zero-order chi connectivity index (χ0) is 14.9. The average molecular weight is 288 g/mol. The van der Waals surface area contributed by atoms with Crippen molar-refractivity contribution in [3.63, 3.8) is 0 Å². The smallest absolute Gasteiger partial charge is 0.344 e. The SMILES string of the molecule is O=c1oc2cc(-c3cc[nH]n3)ccc2cc1-c1ccccc1. The molecule has 0 saturated heterocycles. The van der Waals surface area contributed by atoms with Crippen LogP contribution in [0.4, 0.5) is 0 Å². The first kappa shape index (κ1) is 12.6. The number of H-pyrrole nitrogens is 1. The van der Waals surface area contributed by atoms with Crippen molar-refractivity contribution in [1.82, 2.24) is 10.2 Å². The second-order valence-electron chi connectivity index (χ2n) is 5.03. The Morgan fingerprint density at radius 3 is 2.55 bits per heavy atom. The molecule has 2 aromatic heterocycles. The zero-order valence-corrected chi connectivity index (χ0v) is 11.6. The van der Waals surface area contributed by atoms with E-state index in [0.29, 0.717) is 11.1 Å². The highest BCUT2D eigenvalue weighted by Gasteiger charge is 2.09. The van der Waals surface area contributed by atoms with Crippen LogP contribution in [0.3, 0.4) is 0 Å². The molecule has 22 heavy (non-hydrogen) atoms. The standard InChI is InChI=1S/C18H12N2O2/c21-18-15(12-4-2-1-3-5-12)10-14-7-6-13(11-17(14)22-18)16-8-9-19-20-16/h1-11H,(H,19,20). The maximum absolute atomic E-state index is 12.2. The molecule has 0 unspecified atom stereocenters. The summed E-state index contributed by atoms with van der Waals surface area (Å²) >= 11 is 0. The Kier molecular flexibility index (Phi) is 2.86. The monoisotopic (exact) mass is 288 g/mol. The van der Waals surface area contributed by atoms with Crippen molar-refractivity contribution in [3.8, 4) is 22.4 Å². The minimum absolute atomic E-state index is 0.335. The lowest BCUT2D eigenvalue weighted by molar-refractivity contribution is 0.563. The van der Waals surface area contributed by atoms with E-state index in [-0.39, 0.29) is 5.63 Å². The number of rotatable bonds is 2. The quantitative estimate of drug-likeness (QED) is 0.570. The Balaban J connectivity index is 1.89. The van der Waals surface area contributed by atoms with Crippen molar-refractivity contribution in [3.05, 3.63) is 77.3 Å². The van der Waals surface area contributed by atoms with E-state index in [2.05, 4.69) is 10.2 Å². The summed E-state index contributed by atoms with van der Waals surface area (Å²) < 4.78 is 5.49. The summed E-state index contributed by atoms with van der Waals surface area (Å²) in [4.78, 5) is 12.2. The van der Waals surface area contributed by atoms with Gasteiger partial charge in [-0.05, 0) is 23.8 Å². The minimum Gasteiger partial charge on any atom is -0.422 e. The van der Waals surface area contributed by atoms with Crippen molar-refractivity contribution in [2.24, 2.45) is 0 Å². The van der Waals surface area contributed by atoms with E-state index in [1.54, 1.807) is 6.20 Å². The van der Waals surface area contributed by atoms with Crippen molar-refractivity contribution in [1.29, 1.82) is 0 Å². The summed E-state index contributed by atoms with van der Waals surface area (Å²) in [5.74, 6) is 0. The van der Waals surface area contributed by atoms with E-state index >= 15 is 0 Å². The van der Waals surface area contributed by atoms with Crippen LogP contribution in [0.2, 0.25) is 0 Å². The highest BCUT2D eigenvalue weighted by atomic mass is 16.4. The van der Waals surface area contributed by atoms with Crippen molar-refractivity contribution in [2.45, 2.75) is 0 Å². The van der Waals surface area contributed by atoms with E-state index in [1.807, 2.05) is 60.7 Å². The summed E-state index contributed by atoms with van der Waals surface area (Å²) in [6.45, 7) is 0. The summed E-state index contributed by atoms with van der Waals surface area (Å²) in [6.07, 6.45) is 1.76. The molecule has 0 amide bonds.